The zero-order valence-electron chi connectivity index (χ0n) is 11.4. The van der Waals surface area contributed by atoms with E-state index in [2.05, 4.69) is 10.6 Å². The number of aliphatic hydroxyl groups is 1. The molecule has 0 heterocycles. The Bertz CT molecular complexity index is 464. The van der Waals surface area contributed by atoms with Crippen molar-refractivity contribution in [2.45, 2.75) is 31.2 Å². The summed E-state index contributed by atoms with van der Waals surface area (Å²) < 4.78 is 0. The minimum atomic E-state index is -0.416. The number of nitrogens with one attached hydrogen (secondary N) is 2. The number of carbonyl (C=O) groups excluding carboxylic acids is 2. The molecule has 108 valence electrons. The van der Waals surface area contributed by atoms with Crippen molar-refractivity contribution in [1.82, 2.24) is 10.6 Å². The summed E-state index contributed by atoms with van der Waals surface area (Å²) in [5.41, 5.74) is 0.166. The Labute approximate surface area is 118 Å². The molecule has 2 amide bonds. The minimum absolute atomic E-state index is 0.0187. The molecule has 0 aliphatic heterocycles. The van der Waals surface area contributed by atoms with Crippen molar-refractivity contribution in [2.75, 3.05) is 13.2 Å². The van der Waals surface area contributed by atoms with Crippen LogP contribution < -0.4 is 10.6 Å². The van der Waals surface area contributed by atoms with Crippen LogP contribution in [0.4, 0.5) is 0 Å². The fourth-order valence-corrected chi connectivity index (χ4v) is 2.27. The van der Waals surface area contributed by atoms with Crippen LogP contribution in [-0.2, 0) is 4.79 Å². The summed E-state index contributed by atoms with van der Waals surface area (Å²) in [7, 11) is 0. The van der Waals surface area contributed by atoms with Gasteiger partial charge in [-0.2, -0.15) is 0 Å². The summed E-state index contributed by atoms with van der Waals surface area (Å²) >= 11 is 0. The van der Waals surface area contributed by atoms with E-state index in [1.807, 2.05) is 6.07 Å². The molecule has 1 fully saturated rings. The van der Waals surface area contributed by atoms with Gasteiger partial charge in [0, 0.05) is 18.5 Å². The molecule has 0 bridgehead atoms. The average molecular weight is 276 g/mol. The van der Waals surface area contributed by atoms with Crippen molar-refractivity contribution in [2.24, 2.45) is 0 Å². The van der Waals surface area contributed by atoms with Crippen LogP contribution in [0.15, 0.2) is 30.3 Å². The van der Waals surface area contributed by atoms with Gasteiger partial charge in [0.25, 0.3) is 5.91 Å². The lowest BCUT2D eigenvalue weighted by Gasteiger charge is -2.41. The average Bonchev–Trinajstić information content (AvgIpc) is 2.43. The lowest BCUT2D eigenvalue weighted by molar-refractivity contribution is -0.124. The summed E-state index contributed by atoms with van der Waals surface area (Å²) in [4.78, 5) is 23.5. The van der Waals surface area contributed by atoms with Crippen LogP contribution in [0.5, 0.6) is 0 Å². The number of rotatable bonds is 6. The smallest absolute Gasteiger partial charge is 0.251 e. The van der Waals surface area contributed by atoms with Crippen molar-refractivity contribution in [3.63, 3.8) is 0 Å². The molecule has 0 radical (unpaired) electrons. The maximum absolute atomic E-state index is 11.8. The molecule has 1 aromatic carbocycles. The first-order valence-corrected chi connectivity index (χ1v) is 6.90. The molecule has 0 saturated heterocycles. The Morgan fingerprint density at radius 3 is 2.45 bits per heavy atom. The van der Waals surface area contributed by atoms with Crippen molar-refractivity contribution in [3.8, 4) is 0 Å². The van der Waals surface area contributed by atoms with Gasteiger partial charge < -0.3 is 15.7 Å². The largest absolute Gasteiger partial charge is 0.394 e. The molecule has 0 spiro atoms. The number of hydrogen-bond donors (Lipinski definition) is 3. The van der Waals surface area contributed by atoms with Gasteiger partial charge in [-0.05, 0) is 31.4 Å². The first kappa shape index (κ1) is 14.5. The first-order valence-electron chi connectivity index (χ1n) is 6.90. The zero-order valence-corrected chi connectivity index (χ0v) is 11.4. The summed E-state index contributed by atoms with van der Waals surface area (Å²) in [5.74, 6) is -0.314. The van der Waals surface area contributed by atoms with Gasteiger partial charge in [0.1, 0.15) is 0 Å². The highest BCUT2D eigenvalue weighted by atomic mass is 16.3. The molecule has 1 aliphatic carbocycles. The second-order valence-electron chi connectivity index (χ2n) is 5.21. The van der Waals surface area contributed by atoms with Gasteiger partial charge in [-0.1, -0.05) is 18.2 Å². The van der Waals surface area contributed by atoms with Gasteiger partial charge >= 0.3 is 0 Å². The van der Waals surface area contributed by atoms with E-state index in [1.54, 1.807) is 24.3 Å². The van der Waals surface area contributed by atoms with E-state index in [4.69, 9.17) is 0 Å². The number of amides is 2. The maximum Gasteiger partial charge on any atom is 0.251 e. The van der Waals surface area contributed by atoms with E-state index >= 15 is 0 Å². The molecule has 0 unspecified atom stereocenters. The fraction of sp³-hybridized carbons (Fsp3) is 0.467. The fourth-order valence-electron chi connectivity index (χ4n) is 2.27. The second kappa shape index (κ2) is 6.52. The number of hydrogen-bond acceptors (Lipinski definition) is 3. The zero-order chi connectivity index (χ0) is 14.4. The molecule has 1 aromatic rings. The number of carbonyl (C=O) groups is 2. The third kappa shape index (κ3) is 3.57. The standard InChI is InChI=1S/C15H20N2O3/c18-11-15(8-4-9-15)17-13(19)7-10-16-14(20)12-5-2-1-3-6-12/h1-3,5-6,18H,4,7-11H2,(H,16,20)(H,17,19). The minimum Gasteiger partial charge on any atom is -0.394 e. The highest BCUT2D eigenvalue weighted by Gasteiger charge is 2.37. The molecule has 5 nitrogen and oxygen atoms in total. The van der Waals surface area contributed by atoms with E-state index in [1.165, 1.54) is 0 Å². The molecule has 0 atom stereocenters. The lowest BCUT2D eigenvalue weighted by atomic mass is 9.77. The van der Waals surface area contributed by atoms with Crippen LogP contribution >= 0.6 is 0 Å². The first-order chi connectivity index (χ1) is 9.65. The molecule has 0 aromatic heterocycles. The molecular formula is C15H20N2O3. The predicted molar refractivity (Wildman–Crippen MR) is 75.2 cm³/mol. The third-order valence-corrected chi connectivity index (χ3v) is 3.69. The van der Waals surface area contributed by atoms with E-state index in [0.717, 1.165) is 19.3 Å². The van der Waals surface area contributed by atoms with Crippen LogP contribution in [0.25, 0.3) is 0 Å². The molecule has 5 heteroatoms. The summed E-state index contributed by atoms with van der Waals surface area (Å²) in [6, 6.07) is 8.89. The molecule has 3 N–H and O–H groups in total. The van der Waals surface area contributed by atoms with Crippen molar-refractivity contribution in [1.29, 1.82) is 0 Å². The molecule has 1 saturated carbocycles. The van der Waals surface area contributed by atoms with E-state index < -0.39 is 5.54 Å². The highest BCUT2D eigenvalue weighted by Crippen LogP contribution is 2.31. The number of aliphatic hydroxyl groups excluding tert-OH is 1. The molecular weight excluding hydrogens is 256 g/mol. The van der Waals surface area contributed by atoms with Crippen molar-refractivity contribution in [3.05, 3.63) is 35.9 Å². The van der Waals surface area contributed by atoms with Gasteiger partial charge in [-0.3, -0.25) is 9.59 Å². The normalized spacial score (nSPS) is 16.1. The SMILES string of the molecule is O=C(CCNC(=O)c1ccccc1)NC1(CO)CCC1. The van der Waals surface area contributed by atoms with Gasteiger partial charge in [-0.25, -0.2) is 0 Å². The van der Waals surface area contributed by atoms with Crippen LogP contribution in [0.2, 0.25) is 0 Å². The van der Waals surface area contributed by atoms with Gasteiger partial charge in [0.05, 0.1) is 12.1 Å². The van der Waals surface area contributed by atoms with Crippen LogP contribution in [0.3, 0.4) is 0 Å². The Hall–Kier alpha value is -1.88. The predicted octanol–water partition coefficient (Wildman–Crippen LogP) is 0.838. The van der Waals surface area contributed by atoms with Crippen LogP contribution in [0.1, 0.15) is 36.0 Å². The number of benzene rings is 1. The topological polar surface area (TPSA) is 78.4 Å². The lowest BCUT2D eigenvalue weighted by Crippen LogP contribution is -2.56. The van der Waals surface area contributed by atoms with Crippen LogP contribution in [-0.4, -0.2) is 35.6 Å². The maximum atomic E-state index is 11.8. The van der Waals surface area contributed by atoms with Crippen LogP contribution in [0, 0.1) is 0 Å². The monoisotopic (exact) mass is 276 g/mol. The van der Waals surface area contributed by atoms with E-state index in [0.29, 0.717) is 12.1 Å². The quantitative estimate of drug-likeness (QED) is 0.720. The van der Waals surface area contributed by atoms with E-state index in [-0.39, 0.29) is 24.8 Å². The van der Waals surface area contributed by atoms with Gasteiger partial charge in [0.2, 0.25) is 5.91 Å². The van der Waals surface area contributed by atoms with Crippen molar-refractivity contribution >= 4 is 11.8 Å². The summed E-state index contributed by atoms with van der Waals surface area (Å²) in [6.07, 6.45) is 2.91. The van der Waals surface area contributed by atoms with Gasteiger partial charge in [0.15, 0.2) is 0 Å². The van der Waals surface area contributed by atoms with Crippen molar-refractivity contribution < 1.29 is 14.7 Å². The molecule has 2 rings (SSSR count). The Morgan fingerprint density at radius 1 is 1.20 bits per heavy atom. The third-order valence-electron chi connectivity index (χ3n) is 3.69. The van der Waals surface area contributed by atoms with Gasteiger partial charge in [-0.15, -0.1) is 0 Å². The molecule has 1 aliphatic rings. The Morgan fingerprint density at radius 2 is 1.90 bits per heavy atom. The Kier molecular flexibility index (Phi) is 4.74. The van der Waals surface area contributed by atoms with E-state index in [9.17, 15) is 14.7 Å². The Balaban J connectivity index is 1.70. The summed E-state index contributed by atoms with van der Waals surface area (Å²) in [5, 5.41) is 14.8. The second-order valence-corrected chi connectivity index (χ2v) is 5.21. The summed E-state index contributed by atoms with van der Waals surface area (Å²) in [6.45, 7) is 0.274. The highest BCUT2D eigenvalue weighted by molar-refractivity contribution is 5.94. The molecule has 20 heavy (non-hydrogen) atoms.